The molecule has 2 fully saturated rings. The molecule has 4 rings (SSSR count). The van der Waals surface area contributed by atoms with E-state index in [2.05, 4.69) is 10.3 Å². The second-order valence-electron chi connectivity index (χ2n) is 7.55. The highest BCUT2D eigenvalue weighted by Crippen LogP contribution is 2.41. The molecule has 0 spiro atoms. The fourth-order valence-corrected chi connectivity index (χ4v) is 6.00. The molecule has 142 valence electrons. The van der Waals surface area contributed by atoms with Gasteiger partial charge < -0.3 is 5.32 Å². The van der Waals surface area contributed by atoms with E-state index in [4.69, 9.17) is 0 Å². The van der Waals surface area contributed by atoms with Crippen molar-refractivity contribution in [3.8, 4) is 0 Å². The van der Waals surface area contributed by atoms with E-state index in [1.807, 2.05) is 19.9 Å². The normalized spacial score (nSPS) is 24.9. The lowest BCUT2D eigenvalue weighted by atomic mass is 10.1. The Kier molecular flexibility index (Phi) is 4.52. The number of aryl methyl sites for hydroxylation is 2. The minimum atomic E-state index is -3.57. The molecule has 1 saturated carbocycles. The number of nitrogens with zero attached hydrogens (tertiary/aromatic N) is 2. The third kappa shape index (κ3) is 3.26. The predicted molar refractivity (Wildman–Crippen MR) is 102 cm³/mol. The number of nitrogens with one attached hydrogen (secondary N) is 1. The molecule has 0 radical (unpaired) electrons. The van der Waals surface area contributed by atoms with Gasteiger partial charge in [-0.3, -0.25) is 9.78 Å². The summed E-state index contributed by atoms with van der Waals surface area (Å²) >= 11 is 0. The van der Waals surface area contributed by atoms with Gasteiger partial charge in [-0.15, -0.1) is 0 Å². The van der Waals surface area contributed by atoms with Crippen molar-refractivity contribution in [2.75, 3.05) is 6.54 Å². The van der Waals surface area contributed by atoms with Crippen LogP contribution in [0, 0.1) is 19.8 Å². The summed E-state index contributed by atoms with van der Waals surface area (Å²) in [7, 11) is -3.57. The molecule has 1 amide bonds. The number of carbonyl (C=O) groups excluding carboxylic acids is 1. The molecule has 6 nitrogen and oxygen atoms in total. The highest BCUT2D eigenvalue weighted by molar-refractivity contribution is 7.89. The first kappa shape index (κ1) is 18.1. The summed E-state index contributed by atoms with van der Waals surface area (Å²) in [5.74, 6) is 0.0831. The predicted octanol–water partition coefficient (Wildman–Crippen LogP) is 2.28. The van der Waals surface area contributed by atoms with Gasteiger partial charge >= 0.3 is 0 Å². The van der Waals surface area contributed by atoms with Crippen LogP contribution in [-0.2, 0) is 10.0 Å². The second-order valence-corrected chi connectivity index (χ2v) is 9.44. The minimum absolute atomic E-state index is 0.169. The average Bonchev–Trinajstić information content (AvgIpc) is 3.25. The van der Waals surface area contributed by atoms with Crippen molar-refractivity contribution in [3.05, 3.63) is 59.4 Å². The third-order valence-electron chi connectivity index (χ3n) is 5.76. The molecule has 27 heavy (non-hydrogen) atoms. The van der Waals surface area contributed by atoms with Gasteiger partial charge in [0.05, 0.1) is 10.5 Å². The van der Waals surface area contributed by atoms with E-state index in [0.29, 0.717) is 17.0 Å². The lowest BCUT2D eigenvalue weighted by Gasteiger charge is -2.33. The summed E-state index contributed by atoms with van der Waals surface area (Å²) in [4.78, 5) is 16.8. The van der Waals surface area contributed by atoms with Gasteiger partial charge in [-0.05, 0) is 68.0 Å². The molecule has 3 unspecified atom stereocenters. The maximum Gasteiger partial charge on any atom is 0.253 e. The lowest BCUT2D eigenvalue weighted by Crippen LogP contribution is -2.51. The minimum Gasteiger partial charge on any atom is -0.348 e. The Morgan fingerprint density at radius 2 is 2.00 bits per heavy atom. The number of benzene rings is 1. The van der Waals surface area contributed by atoms with E-state index in [0.717, 1.165) is 24.0 Å². The van der Waals surface area contributed by atoms with Crippen molar-refractivity contribution in [3.63, 3.8) is 0 Å². The number of pyridine rings is 1. The summed E-state index contributed by atoms with van der Waals surface area (Å²) in [5.41, 5.74) is 2.52. The zero-order chi connectivity index (χ0) is 19.2. The molecule has 1 aromatic heterocycles. The first-order chi connectivity index (χ1) is 12.9. The van der Waals surface area contributed by atoms with Crippen LogP contribution in [0.15, 0.2) is 47.6 Å². The van der Waals surface area contributed by atoms with Crippen molar-refractivity contribution in [1.82, 2.24) is 14.6 Å². The van der Waals surface area contributed by atoms with Crippen LogP contribution in [0.2, 0.25) is 0 Å². The van der Waals surface area contributed by atoms with Crippen LogP contribution < -0.4 is 5.32 Å². The Morgan fingerprint density at radius 3 is 2.67 bits per heavy atom. The Morgan fingerprint density at radius 1 is 1.19 bits per heavy atom. The second kappa shape index (κ2) is 6.73. The molecule has 1 aliphatic heterocycles. The van der Waals surface area contributed by atoms with Crippen LogP contribution in [0.25, 0.3) is 0 Å². The summed E-state index contributed by atoms with van der Waals surface area (Å²) in [6.45, 7) is 4.41. The van der Waals surface area contributed by atoms with Gasteiger partial charge in [0.1, 0.15) is 0 Å². The Hall–Kier alpha value is -2.25. The molecule has 2 aromatic rings. The number of amides is 1. The monoisotopic (exact) mass is 385 g/mol. The Labute approximate surface area is 159 Å². The first-order valence-electron chi connectivity index (χ1n) is 9.16. The summed E-state index contributed by atoms with van der Waals surface area (Å²) in [6.07, 6.45) is 4.75. The fourth-order valence-electron chi connectivity index (χ4n) is 4.17. The average molecular weight is 385 g/mol. The van der Waals surface area contributed by atoms with Crippen molar-refractivity contribution in [1.29, 1.82) is 0 Å². The SMILES string of the molecule is Cc1ccc(S(=O)(=O)N2CC3CC(NC(=O)c4cccnc4)C2C3)cc1C. The van der Waals surface area contributed by atoms with Gasteiger partial charge in [-0.25, -0.2) is 8.42 Å². The molecule has 2 heterocycles. The van der Waals surface area contributed by atoms with Crippen LogP contribution in [-0.4, -0.2) is 42.2 Å². The third-order valence-corrected chi connectivity index (χ3v) is 7.65. The van der Waals surface area contributed by atoms with E-state index >= 15 is 0 Å². The standard InChI is InChI=1S/C20H23N3O3S/c1-13-5-6-17(8-14(13)2)27(25,26)23-12-15-9-18(19(23)10-15)22-20(24)16-4-3-7-21-11-16/h3-8,11,15,18-19H,9-10,12H2,1-2H3,(H,22,24). The zero-order valence-corrected chi connectivity index (χ0v) is 16.2. The van der Waals surface area contributed by atoms with Crippen LogP contribution in [0.4, 0.5) is 0 Å². The molecular weight excluding hydrogens is 362 g/mol. The number of carbonyl (C=O) groups is 1. The topological polar surface area (TPSA) is 79.4 Å². The number of rotatable bonds is 4. The molecule has 1 N–H and O–H groups in total. The largest absolute Gasteiger partial charge is 0.348 e. The van der Waals surface area contributed by atoms with E-state index in [-0.39, 0.29) is 23.9 Å². The summed E-state index contributed by atoms with van der Waals surface area (Å²) < 4.78 is 28.0. The fraction of sp³-hybridized carbons (Fsp3) is 0.400. The molecule has 2 aliphatic rings. The zero-order valence-electron chi connectivity index (χ0n) is 15.4. The van der Waals surface area contributed by atoms with Crippen molar-refractivity contribution >= 4 is 15.9 Å². The van der Waals surface area contributed by atoms with Crippen molar-refractivity contribution in [2.45, 2.75) is 43.7 Å². The molecule has 1 aromatic carbocycles. The summed E-state index contributed by atoms with van der Waals surface area (Å²) in [6, 6.07) is 8.32. The molecule has 1 aliphatic carbocycles. The number of hydrogen-bond acceptors (Lipinski definition) is 4. The maximum absolute atomic E-state index is 13.2. The highest BCUT2D eigenvalue weighted by Gasteiger charge is 2.50. The first-order valence-corrected chi connectivity index (χ1v) is 10.6. The maximum atomic E-state index is 13.2. The number of piperidine rings is 1. The molecule has 3 atom stereocenters. The molecule has 1 saturated heterocycles. The molecular formula is C20H23N3O3S. The lowest BCUT2D eigenvalue weighted by molar-refractivity contribution is 0.0916. The van der Waals surface area contributed by atoms with E-state index < -0.39 is 10.0 Å². The van der Waals surface area contributed by atoms with Crippen molar-refractivity contribution < 1.29 is 13.2 Å². The van der Waals surface area contributed by atoms with Gasteiger partial charge in [0.25, 0.3) is 5.91 Å². The quantitative estimate of drug-likeness (QED) is 0.876. The van der Waals surface area contributed by atoms with Crippen molar-refractivity contribution in [2.24, 2.45) is 5.92 Å². The smallest absolute Gasteiger partial charge is 0.253 e. The van der Waals surface area contributed by atoms with Gasteiger partial charge in [0.2, 0.25) is 10.0 Å². The summed E-state index contributed by atoms with van der Waals surface area (Å²) in [5, 5.41) is 3.02. The van der Waals surface area contributed by atoms with E-state index in [1.54, 1.807) is 34.8 Å². The number of sulfonamides is 1. The van der Waals surface area contributed by atoms with Gasteiger partial charge in [-0.1, -0.05) is 6.07 Å². The van der Waals surface area contributed by atoms with Gasteiger partial charge in [0, 0.05) is 31.0 Å². The molecule has 2 bridgehead atoms. The van der Waals surface area contributed by atoms with E-state index in [9.17, 15) is 13.2 Å². The van der Waals surface area contributed by atoms with Gasteiger partial charge in [-0.2, -0.15) is 4.31 Å². The van der Waals surface area contributed by atoms with Crippen LogP contribution in [0.1, 0.15) is 34.3 Å². The van der Waals surface area contributed by atoms with Gasteiger partial charge in [0.15, 0.2) is 0 Å². The Balaban J connectivity index is 1.55. The van der Waals surface area contributed by atoms with Crippen LogP contribution >= 0.6 is 0 Å². The van der Waals surface area contributed by atoms with Crippen LogP contribution in [0.3, 0.4) is 0 Å². The van der Waals surface area contributed by atoms with Crippen LogP contribution in [0.5, 0.6) is 0 Å². The molecule has 7 heteroatoms. The van der Waals surface area contributed by atoms with E-state index in [1.165, 1.54) is 6.20 Å². The highest BCUT2D eigenvalue weighted by atomic mass is 32.2. The number of fused-ring (bicyclic) bond motifs is 2. The number of hydrogen-bond donors (Lipinski definition) is 1. The Bertz CT molecular complexity index is 975. The number of aromatic nitrogens is 1.